The number of unbranched alkanes of at least 4 members (excludes halogenated alkanes) is 24. The monoisotopic (exact) mass is 719 g/mol. The second-order valence-corrected chi connectivity index (χ2v) is 17.2. The molecule has 0 amide bonds. The third kappa shape index (κ3) is 43.7. The van der Waals surface area contributed by atoms with E-state index < -0.39 is 5.97 Å². The van der Waals surface area contributed by atoms with Gasteiger partial charge in [-0.3, -0.25) is 4.79 Å². The predicted molar refractivity (Wildman–Crippen MR) is 169 cm³/mol. The first-order chi connectivity index (χ1) is 18.2. The molecule has 0 aromatic rings. The maximum atomic E-state index is 10.3. The van der Waals surface area contributed by atoms with Crippen molar-refractivity contribution in [3.63, 3.8) is 0 Å². The molecule has 0 fully saturated rings. The van der Waals surface area contributed by atoms with Gasteiger partial charge in [0.05, 0.1) is 0 Å². The minimum atomic E-state index is -0.653. The van der Waals surface area contributed by atoms with E-state index in [2.05, 4.69) is 20.8 Å². The van der Waals surface area contributed by atoms with Crippen LogP contribution in [-0.2, 0) is 4.79 Å². The quantitative estimate of drug-likeness (QED) is 0.0593. The van der Waals surface area contributed by atoms with Crippen LogP contribution in [0.25, 0.3) is 0 Å². The summed E-state index contributed by atoms with van der Waals surface area (Å²) in [7, 11) is 0. The molecule has 37 heavy (non-hydrogen) atoms. The van der Waals surface area contributed by atoms with Gasteiger partial charge in [0.1, 0.15) is 0 Å². The number of aliphatic carboxylic acids is 1. The fourth-order valence-electron chi connectivity index (χ4n) is 4.83. The van der Waals surface area contributed by atoms with Gasteiger partial charge < -0.3 is 5.11 Å². The maximum absolute atomic E-state index is 10.3. The van der Waals surface area contributed by atoms with E-state index in [-0.39, 0.29) is 24.2 Å². The van der Waals surface area contributed by atoms with Crippen molar-refractivity contribution in [3.05, 3.63) is 0 Å². The second kappa shape index (κ2) is 38.5. The Labute approximate surface area is 247 Å². The van der Waals surface area contributed by atoms with Crippen molar-refractivity contribution in [1.29, 1.82) is 0 Å². The SMILES string of the molecule is CCCCCCCCCCCCCCCCCC(=O)O.CCCCCCC[CH2][Pb][CH2]CCCCCCC. The summed E-state index contributed by atoms with van der Waals surface area (Å²) >= 11 is -0.130. The first kappa shape index (κ1) is 39.5. The van der Waals surface area contributed by atoms with Gasteiger partial charge in [-0.15, -0.1) is 0 Å². The first-order valence-electron chi connectivity index (χ1n) is 17.1. The van der Waals surface area contributed by atoms with Crippen molar-refractivity contribution in [1.82, 2.24) is 0 Å². The molecule has 0 saturated heterocycles. The molecule has 0 aliphatic carbocycles. The van der Waals surface area contributed by atoms with Gasteiger partial charge in [0, 0.05) is 6.42 Å². The van der Waals surface area contributed by atoms with Crippen LogP contribution in [0.5, 0.6) is 0 Å². The molecule has 0 saturated carbocycles. The van der Waals surface area contributed by atoms with Crippen LogP contribution >= 0.6 is 0 Å². The third-order valence-electron chi connectivity index (χ3n) is 7.41. The molecular weight excluding hydrogens is 648 g/mol. The van der Waals surface area contributed by atoms with Crippen LogP contribution in [0.1, 0.15) is 201 Å². The van der Waals surface area contributed by atoms with Gasteiger partial charge >= 0.3 is 129 Å². The van der Waals surface area contributed by atoms with E-state index >= 15 is 0 Å². The molecule has 0 aliphatic heterocycles. The molecule has 3 heteroatoms. The zero-order valence-electron chi connectivity index (χ0n) is 26.1. The standard InChI is InChI=1S/C18H36O2.2C8H17.Pb/c1-2-3-4-5-6-7-8-9-10-11-12-13-14-15-16-17-18(19)20;2*1-3-5-7-8-6-4-2;/h2-17H2,1H3,(H,19,20);2*1,3-8H2,2H3;. The van der Waals surface area contributed by atoms with Gasteiger partial charge in [-0.05, 0) is 6.42 Å². The molecule has 0 aromatic heterocycles. The number of carbonyl (C=O) groups is 1. The Bertz CT molecular complexity index is 385. The van der Waals surface area contributed by atoms with E-state index in [1.807, 2.05) is 0 Å². The van der Waals surface area contributed by atoms with E-state index in [9.17, 15) is 4.79 Å². The molecule has 1 N–H and O–H groups in total. The van der Waals surface area contributed by atoms with Gasteiger partial charge in [0.15, 0.2) is 0 Å². The van der Waals surface area contributed by atoms with Crippen LogP contribution in [-0.4, -0.2) is 35.3 Å². The molecule has 222 valence electrons. The van der Waals surface area contributed by atoms with Crippen LogP contribution in [0.2, 0.25) is 7.96 Å². The Morgan fingerprint density at radius 3 is 0.919 bits per heavy atom. The van der Waals surface area contributed by atoms with Crippen molar-refractivity contribution >= 4 is 30.2 Å². The van der Waals surface area contributed by atoms with Crippen LogP contribution < -0.4 is 0 Å². The Balaban J connectivity index is 0. The van der Waals surface area contributed by atoms with Gasteiger partial charge in [0.2, 0.25) is 0 Å². The number of hydrogen-bond donors (Lipinski definition) is 1. The van der Waals surface area contributed by atoms with Crippen molar-refractivity contribution in [3.8, 4) is 0 Å². The van der Waals surface area contributed by atoms with Crippen molar-refractivity contribution in [2.24, 2.45) is 0 Å². The second-order valence-electron chi connectivity index (χ2n) is 11.4. The van der Waals surface area contributed by atoms with Crippen molar-refractivity contribution < 1.29 is 9.90 Å². The molecule has 2 nitrogen and oxygen atoms in total. The van der Waals surface area contributed by atoms with E-state index in [1.165, 1.54) is 148 Å². The molecule has 0 rings (SSSR count). The summed E-state index contributed by atoms with van der Waals surface area (Å²) in [6.07, 6.45) is 38.1. The molecule has 0 aliphatic rings. The molecule has 0 unspecified atom stereocenters. The van der Waals surface area contributed by atoms with Crippen molar-refractivity contribution in [2.45, 2.75) is 209 Å². The summed E-state index contributed by atoms with van der Waals surface area (Å²) < 4.78 is 3.36. The van der Waals surface area contributed by atoms with Gasteiger partial charge in [-0.25, -0.2) is 0 Å². The van der Waals surface area contributed by atoms with Gasteiger partial charge in [-0.1, -0.05) is 96.8 Å². The average molecular weight is 718 g/mol. The van der Waals surface area contributed by atoms with Crippen LogP contribution in [0.15, 0.2) is 0 Å². The fraction of sp³-hybridized carbons (Fsp3) is 0.971. The first-order valence-corrected chi connectivity index (χ1v) is 22.6. The molecule has 0 atom stereocenters. The predicted octanol–water partition coefficient (Wildman–Crippen LogP) is 12.6. The molecule has 0 aromatic carbocycles. The number of hydrogen-bond acceptors (Lipinski definition) is 1. The van der Waals surface area contributed by atoms with Crippen LogP contribution in [0, 0.1) is 0 Å². The van der Waals surface area contributed by atoms with E-state index in [1.54, 1.807) is 20.8 Å². The number of rotatable bonds is 30. The summed E-state index contributed by atoms with van der Waals surface area (Å²) in [5.74, 6) is -0.653. The number of carboxylic acids is 1. The Hall–Kier alpha value is 0.392. The van der Waals surface area contributed by atoms with E-state index in [4.69, 9.17) is 5.11 Å². The average Bonchev–Trinajstić information content (AvgIpc) is 2.89. The molecule has 0 spiro atoms. The van der Waals surface area contributed by atoms with Gasteiger partial charge in [0.25, 0.3) is 0 Å². The van der Waals surface area contributed by atoms with Gasteiger partial charge in [-0.2, -0.15) is 0 Å². The fourth-order valence-corrected chi connectivity index (χ4v) is 9.69. The van der Waals surface area contributed by atoms with E-state index in [0.717, 1.165) is 12.8 Å². The summed E-state index contributed by atoms with van der Waals surface area (Å²) in [5, 5.41) is 8.52. The summed E-state index contributed by atoms with van der Waals surface area (Å²) in [4.78, 5) is 10.3. The third-order valence-corrected chi connectivity index (χ3v) is 12.9. The van der Waals surface area contributed by atoms with Crippen molar-refractivity contribution in [2.75, 3.05) is 0 Å². The zero-order valence-corrected chi connectivity index (χ0v) is 30.0. The normalized spacial score (nSPS) is 10.9. The summed E-state index contributed by atoms with van der Waals surface area (Å²) in [6.45, 7) is 6.87. The topological polar surface area (TPSA) is 37.3 Å². The molecule has 0 heterocycles. The molecule has 0 bridgehead atoms. The molecular formula is C34H70O2Pb. The Morgan fingerprint density at radius 2 is 0.649 bits per heavy atom. The Kier molecular flexibility index (Phi) is 41.2. The molecule has 2 radical (unpaired) electrons. The van der Waals surface area contributed by atoms with E-state index in [0.29, 0.717) is 6.42 Å². The summed E-state index contributed by atoms with van der Waals surface area (Å²) in [6, 6.07) is 0. The minimum absolute atomic E-state index is 0.130. The Morgan fingerprint density at radius 1 is 0.405 bits per heavy atom. The van der Waals surface area contributed by atoms with Crippen LogP contribution in [0.4, 0.5) is 0 Å². The summed E-state index contributed by atoms with van der Waals surface area (Å²) in [5.41, 5.74) is 0. The van der Waals surface area contributed by atoms with Crippen LogP contribution in [0.3, 0.4) is 0 Å². The zero-order chi connectivity index (χ0) is 27.5. The number of carboxylic acid groups (broad SMARTS) is 1.